The van der Waals surface area contributed by atoms with E-state index in [1.165, 1.54) is 24.9 Å². The number of likely N-dealkylation sites (tertiary alicyclic amines) is 1. The SMILES string of the molecule is COCC1CCCN(C2CCN(c3nc(NCCc4ccc(Cl)cc4)c4cc(OC)c(OC)cc4n3)CC2)C1. The number of benzene rings is 2. The zero-order chi connectivity index (χ0) is 27.2. The number of hydrogen-bond donors (Lipinski definition) is 1. The Morgan fingerprint density at radius 2 is 1.69 bits per heavy atom. The molecule has 2 aliphatic heterocycles. The van der Waals surface area contributed by atoms with Crippen LogP contribution in [0.2, 0.25) is 5.02 Å². The summed E-state index contributed by atoms with van der Waals surface area (Å²) in [4.78, 5) is 15.0. The lowest BCUT2D eigenvalue weighted by atomic mass is 9.94. The molecular weight excluding hydrogens is 514 g/mol. The van der Waals surface area contributed by atoms with Crippen LogP contribution in [0.5, 0.6) is 11.5 Å². The highest BCUT2D eigenvalue weighted by molar-refractivity contribution is 6.30. The lowest BCUT2D eigenvalue weighted by Crippen LogP contribution is -2.49. The van der Waals surface area contributed by atoms with Crippen molar-refractivity contribution < 1.29 is 14.2 Å². The lowest BCUT2D eigenvalue weighted by molar-refractivity contribution is 0.0609. The second kappa shape index (κ2) is 13.0. The van der Waals surface area contributed by atoms with Crippen LogP contribution in [-0.2, 0) is 11.2 Å². The molecule has 210 valence electrons. The summed E-state index contributed by atoms with van der Waals surface area (Å²) >= 11 is 6.06. The lowest BCUT2D eigenvalue weighted by Gasteiger charge is -2.42. The van der Waals surface area contributed by atoms with E-state index in [1.54, 1.807) is 14.2 Å². The topological polar surface area (TPSA) is 72.0 Å². The van der Waals surface area contributed by atoms with E-state index in [4.69, 9.17) is 35.8 Å². The predicted octanol–water partition coefficient (Wildman–Crippen LogP) is 5.28. The van der Waals surface area contributed by atoms with Gasteiger partial charge in [0.1, 0.15) is 5.82 Å². The second-order valence-electron chi connectivity index (χ2n) is 10.6. The predicted molar refractivity (Wildman–Crippen MR) is 158 cm³/mol. The molecule has 3 heterocycles. The molecule has 0 spiro atoms. The number of piperidine rings is 2. The average Bonchev–Trinajstić information content (AvgIpc) is 2.97. The Hall–Kier alpha value is -2.81. The average molecular weight is 554 g/mol. The van der Waals surface area contributed by atoms with Crippen molar-refractivity contribution in [2.24, 2.45) is 5.92 Å². The Morgan fingerprint density at radius 3 is 2.41 bits per heavy atom. The number of nitrogens with zero attached hydrogens (tertiary/aromatic N) is 4. The molecule has 2 saturated heterocycles. The molecule has 9 heteroatoms. The fourth-order valence-electron chi connectivity index (χ4n) is 5.93. The second-order valence-corrected chi connectivity index (χ2v) is 11.0. The summed E-state index contributed by atoms with van der Waals surface area (Å²) in [6, 6.07) is 12.5. The number of rotatable bonds is 10. The van der Waals surface area contributed by atoms with Gasteiger partial charge in [-0.1, -0.05) is 23.7 Å². The molecule has 1 unspecified atom stereocenters. The molecule has 0 saturated carbocycles. The minimum Gasteiger partial charge on any atom is -0.493 e. The van der Waals surface area contributed by atoms with Crippen LogP contribution in [0.1, 0.15) is 31.2 Å². The van der Waals surface area contributed by atoms with Crippen LogP contribution < -0.4 is 19.7 Å². The van der Waals surface area contributed by atoms with E-state index in [1.807, 2.05) is 31.4 Å². The number of methoxy groups -OCH3 is 3. The van der Waals surface area contributed by atoms with E-state index >= 15 is 0 Å². The van der Waals surface area contributed by atoms with Gasteiger partial charge in [0.05, 0.1) is 26.3 Å². The molecule has 3 aromatic rings. The quantitative estimate of drug-likeness (QED) is 0.363. The van der Waals surface area contributed by atoms with Crippen LogP contribution in [-0.4, -0.2) is 81.6 Å². The summed E-state index contributed by atoms with van der Waals surface area (Å²) < 4.78 is 16.6. The van der Waals surface area contributed by atoms with Gasteiger partial charge in [-0.2, -0.15) is 4.98 Å². The summed E-state index contributed by atoms with van der Waals surface area (Å²) in [6.07, 6.45) is 5.63. The van der Waals surface area contributed by atoms with Gasteiger partial charge in [0.25, 0.3) is 0 Å². The molecule has 1 atom stereocenters. The number of hydrogen-bond acceptors (Lipinski definition) is 8. The van der Waals surface area contributed by atoms with Crippen LogP contribution in [0.3, 0.4) is 0 Å². The molecule has 39 heavy (non-hydrogen) atoms. The number of aromatic nitrogens is 2. The summed E-state index contributed by atoms with van der Waals surface area (Å²) in [5, 5.41) is 5.23. The van der Waals surface area contributed by atoms with Crippen LogP contribution in [0.4, 0.5) is 11.8 Å². The Labute approximate surface area is 236 Å². The fourth-order valence-corrected chi connectivity index (χ4v) is 6.05. The van der Waals surface area contributed by atoms with Gasteiger partial charge in [0, 0.05) is 55.8 Å². The maximum atomic E-state index is 6.06. The first-order chi connectivity index (χ1) is 19.1. The van der Waals surface area contributed by atoms with Crippen molar-refractivity contribution in [2.45, 2.75) is 38.1 Å². The number of anilines is 2. The molecule has 2 aliphatic rings. The number of fused-ring (bicyclic) bond motifs is 1. The summed E-state index contributed by atoms with van der Waals surface area (Å²) in [7, 11) is 5.11. The van der Waals surface area contributed by atoms with Crippen molar-refractivity contribution in [3.63, 3.8) is 0 Å². The Balaban J connectivity index is 1.33. The van der Waals surface area contributed by atoms with E-state index in [0.717, 1.165) is 79.7 Å². The number of ether oxygens (including phenoxy) is 3. The van der Waals surface area contributed by atoms with Gasteiger partial charge in [-0.3, -0.25) is 4.90 Å². The van der Waals surface area contributed by atoms with Crippen molar-refractivity contribution in [1.29, 1.82) is 0 Å². The first-order valence-electron chi connectivity index (χ1n) is 14.0. The van der Waals surface area contributed by atoms with Crippen molar-refractivity contribution in [2.75, 3.05) is 70.9 Å². The third kappa shape index (κ3) is 6.68. The molecule has 0 bridgehead atoms. The minimum atomic E-state index is 0.614. The molecule has 2 aromatic carbocycles. The normalized spacial score (nSPS) is 18.9. The van der Waals surface area contributed by atoms with Crippen LogP contribution in [0.25, 0.3) is 10.9 Å². The largest absolute Gasteiger partial charge is 0.493 e. The van der Waals surface area contributed by atoms with Crippen LogP contribution >= 0.6 is 11.6 Å². The zero-order valence-corrected chi connectivity index (χ0v) is 24.0. The van der Waals surface area contributed by atoms with Gasteiger partial charge in [-0.05, 0) is 68.3 Å². The first kappa shape index (κ1) is 27.7. The molecule has 0 amide bonds. The van der Waals surface area contributed by atoms with Gasteiger partial charge in [0.2, 0.25) is 5.95 Å². The minimum absolute atomic E-state index is 0.614. The van der Waals surface area contributed by atoms with E-state index in [2.05, 4.69) is 27.2 Å². The highest BCUT2D eigenvalue weighted by Gasteiger charge is 2.30. The van der Waals surface area contributed by atoms with Gasteiger partial charge in [0.15, 0.2) is 11.5 Å². The van der Waals surface area contributed by atoms with E-state index < -0.39 is 0 Å². The van der Waals surface area contributed by atoms with E-state index in [-0.39, 0.29) is 0 Å². The standard InChI is InChI=1S/C30H40ClN5O3/c1-37-20-22-5-4-14-36(19-22)24-11-15-35(16-12-24)30-33-26-18-28(39-3)27(38-2)17-25(26)29(34-30)32-13-10-21-6-8-23(31)9-7-21/h6-9,17-18,22,24H,4-5,10-16,19-20H2,1-3H3,(H,32,33,34). The smallest absolute Gasteiger partial charge is 0.227 e. The maximum absolute atomic E-state index is 6.06. The Bertz CT molecular complexity index is 1230. The fraction of sp³-hybridized carbons (Fsp3) is 0.533. The first-order valence-corrected chi connectivity index (χ1v) is 14.4. The number of nitrogens with one attached hydrogen (secondary N) is 1. The van der Waals surface area contributed by atoms with Gasteiger partial charge in [-0.25, -0.2) is 4.98 Å². The Kier molecular flexibility index (Phi) is 9.27. The van der Waals surface area contributed by atoms with Crippen molar-refractivity contribution in [1.82, 2.24) is 14.9 Å². The third-order valence-electron chi connectivity index (χ3n) is 8.03. The van der Waals surface area contributed by atoms with Crippen LogP contribution in [0, 0.1) is 5.92 Å². The van der Waals surface area contributed by atoms with E-state index in [9.17, 15) is 0 Å². The summed E-state index contributed by atoms with van der Waals surface area (Å²) in [5.74, 6) is 3.55. The van der Waals surface area contributed by atoms with Crippen molar-refractivity contribution >= 4 is 34.3 Å². The molecule has 1 N–H and O–H groups in total. The zero-order valence-electron chi connectivity index (χ0n) is 23.3. The third-order valence-corrected chi connectivity index (χ3v) is 8.28. The highest BCUT2D eigenvalue weighted by atomic mass is 35.5. The monoisotopic (exact) mass is 553 g/mol. The highest BCUT2D eigenvalue weighted by Crippen LogP contribution is 2.35. The Morgan fingerprint density at radius 1 is 0.949 bits per heavy atom. The van der Waals surface area contributed by atoms with Crippen molar-refractivity contribution in [3.8, 4) is 11.5 Å². The molecule has 2 fully saturated rings. The molecule has 0 radical (unpaired) electrons. The molecule has 0 aliphatic carbocycles. The van der Waals surface area contributed by atoms with Gasteiger partial charge < -0.3 is 24.4 Å². The molecular formula is C30H40ClN5O3. The molecule has 5 rings (SSSR count). The van der Waals surface area contributed by atoms with Gasteiger partial charge >= 0.3 is 0 Å². The van der Waals surface area contributed by atoms with E-state index in [0.29, 0.717) is 23.5 Å². The summed E-state index contributed by atoms with van der Waals surface area (Å²) in [5.41, 5.74) is 2.06. The van der Waals surface area contributed by atoms with Crippen LogP contribution in [0.15, 0.2) is 36.4 Å². The summed E-state index contributed by atoms with van der Waals surface area (Å²) in [6.45, 7) is 5.83. The van der Waals surface area contributed by atoms with Crippen molar-refractivity contribution in [3.05, 3.63) is 47.0 Å². The molecule has 1 aromatic heterocycles. The van der Waals surface area contributed by atoms with Gasteiger partial charge in [-0.15, -0.1) is 0 Å². The maximum Gasteiger partial charge on any atom is 0.227 e. The molecule has 8 nitrogen and oxygen atoms in total. The number of halogens is 1.